The molecule has 2 saturated heterocycles. The second-order valence-corrected chi connectivity index (χ2v) is 9.06. The van der Waals surface area contributed by atoms with E-state index in [4.69, 9.17) is 25.1 Å². The fourth-order valence-electron chi connectivity index (χ4n) is 4.55. The number of anilines is 3. The number of amides is 1. The van der Waals surface area contributed by atoms with Gasteiger partial charge in [-0.3, -0.25) is 4.90 Å². The SMILES string of the molecule is Nc1ncc(-c2cc(N3C(=O)OC(c4ccc(OCCO)cc4)C3CO)nc(N3CCOCC3)n2)c(C(F)(F)F)n1. The Kier molecular flexibility index (Phi) is 8.05. The Morgan fingerprint density at radius 1 is 1.10 bits per heavy atom. The van der Waals surface area contributed by atoms with Crippen molar-refractivity contribution in [2.24, 2.45) is 0 Å². The molecule has 0 radical (unpaired) electrons. The van der Waals surface area contributed by atoms with E-state index in [2.05, 4.69) is 19.9 Å². The van der Waals surface area contributed by atoms with Gasteiger partial charge in [0.05, 0.1) is 32.1 Å². The third-order valence-corrected chi connectivity index (χ3v) is 6.45. The lowest BCUT2D eigenvalue weighted by molar-refractivity contribution is -0.140. The standard InChI is InChI=1S/C25H26F3N7O6/c26-25(27,28)21-16(12-30-22(29)33-21)17-11-19(32-23(31-17)34-5-8-39-9-6-34)35-18(13-37)20(41-24(35)38)14-1-3-15(4-2-14)40-10-7-36/h1-4,11-12,18,20,36-37H,5-10,13H2,(H2,29,30,33). The van der Waals surface area contributed by atoms with Crippen molar-refractivity contribution in [3.8, 4) is 17.0 Å². The number of morpholine rings is 1. The Labute approximate surface area is 231 Å². The Hall–Kier alpha value is -4.28. The minimum absolute atomic E-state index is 0.0454. The van der Waals surface area contributed by atoms with E-state index in [1.165, 1.54) is 6.07 Å². The molecule has 4 heterocycles. The number of alkyl halides is 3. The summed E-state index contributed by atoms with van der Waals surface area (Å²) in [5.41, 5.74) is 4.01. The van der Waals surface area contributed by atoms with E-state index >= 15 is 0 Å². The molecule has 0 bridgehead atoms. The molecule has 3 aromatic rings. The van der Waals surface area contributed by atoms with Gasteiger partial charge in [-0.2, -0.15) is 18.2 Å². The minimum Gasteiger partial charge on any atom is -0.491 e. The molecular formula is C25H26F3N7O6. The van der Waals surface area contributed by atoms with Crippen LogP contribution >= 0.6 is 0 Å². The molecule has 5 rings (SSSR count). The average Bonchev–Trinajstić information content (AvgIpc) is 3.32. The van der Waals surface area contributed by atoms with E-state index in [1.54, 1.807) is 29.2 Å². The number of benzene rings is 1. The molecule has 2 aromatic heterocycles. The van der Waals surface area contributed by atoms with E-state index in [0.717, 1.165) is 11.1 Å². The quantitative estimate of drug-likeness (QED) is 0.355. The van der Waals surface area contributed by atoms with Gasteiger partial charge >= 0.3 is 12.3 Å². The van der Waals surface area contributed by atoms with Gasteiger partial charge in [0.25, 0.3) is 0 Å². The number of rotatable bonds is 8. The summed E-state index contributed by atoms with van der Waals surface area (Å²) >= 11 is 0. The van der Waals surface area contributed by atoms with Gasteiger partial charge in [0.1, 0.15) is 24.2 Å². The third kappa shape index (κ3) is 5.94. The van der Waals surface area contributed by atoms with Gasteiger partial charge in [-0.25, -0.2) is 19.7 Å². The molecule has 1 aromatic carbocycles. The Morgan fingerprint density at radius 2 is 1.83 bits per heavy atom. The molecule has 41 heavy (non-hydrogen) atoms. The van der Waals surface area contributed by atoms with Gasteiger partial charge in [-0.05, 0) is 17.7 Å². The average molecular weight is 578 g/mol. The first-order valence-electron chi connectivity index (χ1n) is 12.6. The second kappa shape index (κ2) is 11.7. The monoisotopic (exact) mass is 577 g/mol. The fraction of sp³-hybridized carbons (Fsp3) is 0.400. The fourth-order valence-corrected chi connectivity index (χ4v) is 4.55. The number of nitrogen functional groups attached to an aromatic ring is 1. The Morgan fingerprint density at radius 3 is 2.49 bits per heavy atom. The summed E-state index contributed by atoms with van der Waals surface area (Å²) in [6.07, 6.45) is -5.77. The van der Waals surface area contributed by atoms with Crippen molar-refractivity contribution < 1.29 is 42.4 Å². The maximum atomic E-state index is 13.9. The van der Waals surface area contributed by atoms with Crippen LogP contribution in [0.1, 0.15) is 17.4 Å². The van der Waals surface area contributed by atoms with Gasteiger partial charge < -0.3 is 35.1 Å². The van der Waals surface area contributed by atoms with Crippen molar-refractivity contribution >= 4 is 23.8 Å². The van der Waals surface area contributed by atoms with Crippen LogP contribution in [0.25, 0.3) is 11.3 Å². The van der Waals surface area contributed by atoms with Crippen LogP contribution in [0.2, 0.25) is 0 Å². The molecule has 2 aliphatic rings. The number of halogens is 3. The zero-order valence-electron chi connectivity index (χ0n) is 21.5. The predicted octanol–water partition coefficient (Wildman–Crippen LogP) is 1.80. The first-order chi connectivity index (χ1) is 19.7. The molecule has 2 aliphatic heterocycles. The van der Waals surface area contributed by atoms with Crippen molar-refractivity contribution in [2.45, 2.75) is 18.3 Å². The normalized spacial score (nSPS) is 19.4. The number of hydrogen-bond acceptors (Lipinski definition) is 12. The van der Waals surface area contributed by atoms with Gasteiger partial charge in [-0.1, -0.05) is 12.1 Å². The van der Waals surface area contributed by atoms with Crippen LogP contribution in [0.4, 0.5) is 35.7 Å². The first kappa shape index (κ1) is 28.3. The summed E-state index contributed by atoms with van der Waals surface area (Å²) in [5, 5.41) is 19.3. The molecule has 218 valence electrons. The molecule has 2 unspecified atom stereocenters. The molecule has 4 N–H and O–H groups in total. The largest absolute Gasteiger partial charge is 0.491 e. The summed E-state index contributed by atoms with van der Waals surface area (Å²) in [6.45, 7) is 0.776. The van der Waals surface area contributed by atoms with Crippen molar-refractivity contribution in [1.29, 1.82) is 0 Å². The molecule has 0 saturated carbocycles. The molecule has 0 aliphatic carbocycles. The smallest absolute Gasteiger partial charge is 0.434 e. The van der Waals surface area contributed by atoms with Crippen LogP contribution in [0.3, 0.4) is 0 Å². The number of carbonyl (C=O) groups excluding carboxylic acids is 1. The van der Waals surface area contributed by atoms with E-state index in [0.29, 0.717) is 37.6 Å². The lowest BCUT2D eigenvalue weighted by Crippen LogP contribution is -2.40. The van der Waals surface area contributed by atoms with E-state index < -0.39 is 48.2 Å². The molecule has 2 atom stereocenters. The lowest BCUT2D eigenvalue weighted by atomic mass is 10.0. The van der Waals surface area contributed by atoms with Crippen molar-refractivity contribution in [1.82, 2.24) is 19.9 Å². The Balaban J connectivity index is 1.57. The maximum Gasteiger partial charge on any atom is 0.434 e. The number of aromatic nitrogens is 4. The number of aliphatic hydroxyl groups is 2. The number of nitrogens with two attached hydrogens (primary N) is 1. The number of aliphatic hydroxyl groups excluding tert-OH is 2. The minimum atomic E-state index is -4.88. The highest BCUT2D eigenvalue weighted by Crippen LogP contribution is 2.40. The van der Waals surface area contributed by atoms with Gasteiger partial charge in [-0.15, -0.1) is 0 Å². The summed E-state index contributed by atoms with van der Waals surface area (Å²) in [5.74, 6) is -0.130. The van der Waals surface area contributed by atoms with E-state index in [-0.39, 0.29) is 30.7 Å². The zero-order valence-corrected chi connectivity index (χ0v) is 21.5. The van der Waals surface area contributed by atoms with Crippen LogP contribution in [-0.4, -0.2) is 88.4 Å². The number of hydrogen-bond donors (Lipinski definition) is 3. The number of ether oxygens (including phenoxy) is 3. The summed E-state index contributed by atoms with van der Waals surface area (Å²) < 4.78 is 58.1. The third-order valence-electron chi connectivity index (χ3n) is 6.45. The molecule has 16 heteroatoms. The zero-order chi connectivity index (χ0) is 29.1. The van der Waals surface area contributed by atoms with Gasteiger partial charge in [0, 0.05) is 30.9 Å². The highest BCUT2D eigenvalue weighted by molar-refractivity contribution is 5.91. The predicted molar refractivity (Wildman–Crippen MR) is 137 cm³/mol. The maximum absolute atomic E-state index is 13.9. The first-order valence-corrected chi connectivity index (χ1v) is 12.6. The topological polar surface area (TPSA) is 169 Å². The number of nitrogens with zero attached hydrogens (tertiary/aromatic N) is 6. The van der Waals surface area contributed by atoms with Gasteiger partial charge in [0.15, 0.2) is 11.8 Å². The van der Waals surface area contributed by atoms with Gasteiger partial charge in [0.2, 0.25) is 11.9 Å². The van der Waals surface area contributed by atoms with Crippen LogP contribution in [0.15, 0.2) is 36.5 Å². The van der Waals surface area contributed by atoms with Crippen LogP contribution in [-0.2, 0) is 15.7 Å². The van der Waals surface area contributed by atoms with Crippen molar-refractivity contribution in [2.75, 3.05) is 61.7 Å². The van der Waals surface area contributed by atoms with Crippen LogP contribution in [0, 0.1) is 0 Å². The highest BCUT2D eigenvalue weighted by Gasteiger charge is 2.45. The molecule has 13 nitrogen and oxygen atoms in total. The summed E-state index contributed by atoms with van der Waals surface area (Å²) in [7, 11) is 0. The van der Waals surface area contributed by atoms with Crippen molar-refractivity contribution in [3.05, 3.63) is 47.8 Å². The van der Waals surface area contributed by atoms with E-state index in [1.807, 2.05) is 0 Å². The number of carbonyl (C=O) groups is 1. The molecule has 0 spiro atoms. The molecule has 2 fully saturated rings. The summed E-state index contributed by atoms with van der Waals surface area (Å²) in [4.78, 5) is 31.9. The van der Waals surface area contributed by atoms with E-state index in [9.17, 15) is 23.1 Å². The van der Waals surface area contributed by atoms with Crippen LogP contribution in [0.5, 0.6) is 5.75 Å². The molecular weight excluding hydrogens is 551 g/mol. The Bertz CT molecular complexity index is 1390. The highest BCUT2D eigenvalue weighted by atomic mass is 19.4. The van der Waals surface area contributed by atoms with Crippen molar-refractivity contribution in [3.63, 3.8) is 0 Å². The summed E-state index contributed by atoms with van der Waals surface area (Å²) in [6, 6.07) is 6.73. The lowest BCUT2D eigenvalue weighted by Gasteiger charge is -2.29. The van der Waals surface area contributed by atoms with Crippen LogP contribution < -0.4 is 20.3 Å². The molecule has 1 amide bonds. The second-order valence-electron chi connectivity index (χ2n) is 9.06. The number of cyclic esters (lactones) is 1.